The maximum Gasteiger partial charge on any atom is 0.258 e. The summed E-state index contributed by atoms with van der Waals surface area (Å²) in [7, 11) is 0. The molecule has 0 fully saturated rings. The predicted octanol–water partition coefficient (Wildman–Crippen LogP) is 3.81. The molecule has 0 aliphatic rings. The summed E-state index contributed by atoms with van der Waals surface area (Å²) in [6.07, 6.45) is 3.04. The van der Waals surface area contributed by atoms with Crippen molar-refractivity contribution in [1.29, 1.82) is 0 Å². The first kappa shape index (κ1) is 15.1. The zero-order valence-electron chi connectivity index (χ0n) is 10.3. The van der Waals surface area contributed by atoms with Crippen molar-refractivity contribution in [3.8, 4) is 5.75 Å². The summed E-state index contributed by atoms with van der Waals surface area (Å²) in [6, 6.07) is 4.88. The highest BCUT2D eigenvalue weighted by Gasteiger charge is 2.17. The molecule has 18 heavy (non-hydrogen) atoms. The molecule has 0 aliphatic carbocycles. The molecule has 1 amide bonds. The largest absolute Gasteiger partial charge is 0.481 e. The first-order valence-corrected chi connectivity index (χ1v) is 6.71. The molecule has 0 saturated heterocycles. The number of hydrogen-bond donors (Lipinski definition) is 1. The Bertz CT molecular complexity index is 410. The minimum atomic E-state index is -0.617. The van der Waals surface area contributed by atoms with Crippen LogP contribution in [0.15, 0.2) is 18.2 Å². The number of ether oxygens (including phenoxy) is 1. The van der Waals surface area contributed by atoms with E-state index in [1.54, 1.807) is 18.2 Å². The fourth-order valence-corrected chi connectivity index (χ4v) is 1.84. The highest BCUT2D eigenvalue weighted by atomic mass is 35.5. The van der Waals surface area contributed by atoms with Crippen molar-refractivity contribution in [1.82, 2.24) is 0 Å². The smallest absolute Gasteiger partial charge is 0.258 e. The lowest BCUT2D eigenvalue weighted by atomic mass is 10.1. The number of amides is 1. The number of nitrogens with two attached hydrogens (primary N) is 1. The molecule has 1 unspecified atom stereocenters. The Morgan fingerprint density at radius 2 is 2.06 bits per heavy atom. The molecule has 100 valence electrons. The van der Waals surface area contributed by atoms with Crippen LogP contribution in [0.2, 0.25) is 10.0 Å². The molecule has 0 radical (unpaired) electrons. The molecule has 0 saturated carbocycles. The fourth-order valence-electron chi connectivity index (χ4n) is 1.55. The topological polar surface area (TPSA) is 52.3 Å². The van der Waals surface area contributed by atoms with Gasteiger partial charge in [0, 0.05) is 6.07 Å². The molecule has 1 atom stereocenters. The number of primary amides is 1. The third kappa shape index (κ3) is 4.75. The monoisotopic (exact) mass is 289 g/mol. The van der Waals surface area contributed by atoms with Gasteiger partial charge in [0.25, 0.3) is 5.91 Å². The zero-order chi connectivity index (χ0) is 13.5. The molecule has 1 aromatic rings. The van der Waals surface area contributed by atoms with Crippen LogP contribution in [-0.4, -0.2) is 12.0 Å². The Hall–Kier alpha value is -0.930. The summed E-state index contributed by atoms with van der Waals surface area (Å²) in [5, 5.41) is 0.844. The quantitative estimate of drug-likeness (QED) is 0.776. The van der Waals surface area contributed by atoms with Gasteiger partial charge in [-0.25, -0.2) is 0 Å². The summed E-state index contributed by atoms with van der Waals surface area (Å²) < 4.78 is 5.54. The zero-order valence-corrected chi connectivity index (χ0v) is 11.8. The number of rotatable bonds is 7. The third-order valence-corrected chi connectivity index (χ3v) is 3.30. The molecule has 3 nitrogen and oxygen atoms in total. The van der Waals surface area contributed by atoms with Crippen LogP contribution >= 0.6 is 23.2 Å². The lowest BCUT2D eigenvalue weighted by Gasteiger charge is -2.16. The molecule has 2 N–H and O–H groups in total. The van der Waals surface area contributed by atoms with Gasteiger partial charge in [0.2, 0.25) is 0 Å². The molecular formula is C13H17Cl2NO2. The SMILES string of the molecule is CCCCCC(Oc1ccc(Cl)c(Cl)c1)C(N)=O. The Morgan fingerprint density at radius 3 is 2.61 bits per heavy atom. The van der Waals surface area contributed by atoms with Crippen molar-refractivity contribution in [3.05, 3.63) is 28.2 Å². The maximum absolute atomic E-state index is 11.3. The lowest BCUT2D eigenvalue weighted by Crippen LogP contribution is -2.33. The van der Waals surface area contributed by atoms with Gasteiger partial charge in [-0.3, -0.25) is 4.79 Å². The molecule has 1 aromatic carbocycles. The molecular weight excluding hydrogens is 273 g/mol. The fraction of sp³-hybridized carbons (Fsp3) is 0.462. The van der Waals surface area contributed by atoms with E-state index in [4.69, 9.17) is 33.7 Å². The summed E-state index contributed by atoms with van der Waals surface area (Å²) in [6.45, 7) is 2.10. The summed E-state index contributed by atoms with van der Waals surface area (Å²) in [5.74, 6) is 0.0434. The second-order valence-corrected chi connectivity index (χ2v) is 4.89. The van der Waals surface area contributed by atoms with E-state index >= 15 is 0 Å². The summed E-state index contributed by atoms with van der Waals surface area (Å²) in [4.78, 5) is 11.3. The number of carbonyl (C=O) groups is 1. The average molecular weight is 290 g/mol. The van der Waals surface area contributed by atoms with E-state index in [1.807, 2.05) is 0 Å². The molecule has 0 aliphatic heterocycles. The van der Waals surface area contributed by atoms with Crippen LogP contribution in [-0.2, 0) is 4.79 Å². The van der Waals surface area contributed by atoms with Crippen molar-refractivity contribution < 1.29 is 9.53 Å². The van der Waals surface area contributed by atoms with E-state index in [-0.39, 0.29) is 0 Å². The minimum absolute atomic E-state index is 0.394. The highest BCUT2D eigenvalue weighted by molar-refractivity contribution is 6.42. The van der Waals surface area contributed by atoms with E-state index in [0.29, 0.717) is 22.2 Å². The van der Waals surface area contributed by atoms with Gasteiger partial charge >= 0.3 is 0 Å². The molecule has 0 heterocycles. The maximum atomic E-state index is 11.3. The highest BCUT2D eigenvalue weighted by Crippen LogP contribution is 2.27. The molecule has 0 spiro atoms. The van der Waals surface area contributed by atoms with Gasteiger partial charge in [0.1, 0.15) is 5.75 Å². The second-order valence-electron chi connectivity index (χ2n) is 4.08. The number of carbonyl (C=O) groups excluding carboxylic acids is 1. The molecule has 0 aromatic heterocycles. The predicted molar refractivity (Wildman–Crippen MR) is 74.2 cm³/mol. The summed E-state index contributed by atoms with van der Waals surface area (Å²) in [5.41, 5.74) is 5.31. The molecule has 1 rings (SSSR count). The standard InChI is InChI=1S/C13H17Cl2NO2/c1-2-3-4-5-12(13(16)17)18-9-6-7-10(14)11(15)8-9/h6-8,12H,2-5H2,1H3,(H2,16,17). The van der Waals surface area contributed by atoms with Gasteiger partial charge in [-0.1, -0.05) is 43.0 Å². The van der Waals surface area contributed by atoms with Gasteiger partial charge < -0.3 is 10.5 Å². The van der Waals surface area contributed by atoms with Crippen molar-refractivity contribution in [2.75, 3.05) is 0 Å². The van der Waals surface area contributed by atoms with Gasteiger partial charge in [0.05, 0.1) is 10.0 Å². The van der Waals surface area contributed by atoms with Crippen molar-refractivity contribution in [3.63, 3.8) is 0 Å². The Balaban J connectivity index is 2.64. The first-order chi connectivity index (χ1) is 8.54. The van der Waals surface area contributed by atoms with Crippen LogP contribution in [0.3, 0.4) is 0 Å². The Kier molecular flexibility index (Phi) is 6.30. The molecule has 5 heteroatoms. The average Bonchev–Trinajstić information content (AvgIpc) is 2.32. The van der Waals surface area contributed by atoms with Crippen LogP contribution in [0.5, 0.6) is 5.75 Å². The normalized spacial score (nSPS) is 12.2. The van der Waals surface area contributed by atoms with E-state index < -0.39 is 12.0 Å². The van der Waals surface area contributed by atoms with Gasteiger partial charge in [-0.05, 0) is 25.0 Å². The van der Waals surface area contributed by atoms with Crippen LogP contribution in [0.1, 0.15) is 32.6 Å². The van der Waals surface area contributed by atoms with E-state index in [0.717, 1.165) is 19.3 Å². The first-order valence-electron chi connectivity index (χ1n) is 5.95. The van der Waals surface area contributed by atoms with Crippen LogP contribution in [0, 0.1) is 0 Å². The number of hydrogen-bond acceptors (Lipinski definition) is 2. The van der Waals surface area contributed by atoms with E-state index in [1.165, 1.54) is 0 Å². The van der Waals surface area contributed by atoms with E-state index in [2.05, 4.69) is 6.92 Å². The molecule has 0 bridgehead atoms. The Morgan fingerprint density at radius 1 is 1.33 bits per heavy atom. The lowest BCUT2D eigenvalue weighted by molar-refractivity contribution is -0.125. The van der Waals surface area contributed by atoms with Gasteiger partial charge in [-0.15, -0.1) is 0 Å². The number of benzene rings is 1. The van der Waals surface area contributed by atoms with Gasteiger partial charge in [-0.2, -0.15) is 0 Å². The summed E-state index contributed by atoms with van der Waals surface area (Å²) >= 11 is 11.7. The third-order valence-electron chi connectivity index (χ3n) is 2.56. The van der Waals surface area contributed by atoms with Crippen molar-refractivity contribution in [2.45, 2.75) is 38.7 Å². The van der Waals surface area contributed by atoms with Crippen LogP contribution in [0.25, 0.3) is 0 Å². The van der Waals surface area contributed by atoms with Gasteiger partial charge in [0.15, 0.2) is 6.10 Å². The minimum Gasteiger partial charge on any atom is -0.481 e. The number of halogens is 2. The van der Waals surface area contributed by atoms with Crippen molar-refractivity contribution >= 4 is 29.1 Å². The Labute approximate surface area is 117 Å². The second kappa shape index (κ2) is 7.49. The van der Waals surface area contributed by atoms with Crippen LogP contribution in [0.4, 0.5) is 0 Å². The van der Waals surface area contributed by atoms with Crippen LogP contribution < -0.4 is 10.5 Å². The van der Waals surface area contributed by atoms with E-state index in [9.17, 15) is 4.79 Å². The number of unbranched alkanes of at least 4 members (excludes halogenated alkanes) is 2. The van der Waals surface area contributed by atoms with Crippen molar-refractivity contribution in [2.24, 2.45) is 5.73 Å².